The SMILES string of the molecule is c1ccc(-c2ccc(-c3ccc(N(c4ccc(-c5ccc6c(c5)c5ccccc5n6-c5ccc6ccccc6c5)cc4)c4ccc5c6ccccc6c6ccccc6c5c4)cc3)cc2)cc1. The molecule has 0 fully saturated rings. The van der Waals surface area contributed by atoms with Crippen molar-refractivity contribution in [2.24, 2.45) is 0 Å². The van der Waals surface area contributed by atoms with Crippen molar-refractivity contribution in [1.82, 2.24) is 4.57 Å². The molecule has 12 aromatic carbocycles. The van der Waals surface area contributed by atoms with Crippen LogP contribution in [0, 0.1) is 0 Å². The van der Waals surface area contributed by atoms with E-state index in [1.54, 1.807) is 0 Å². The number of hydrogen-bond acceptors (Lipinski definition) is 1. The van der Waals surface area contributed by atoms with E-state index in [0.717, 1.165) is 17.1 Å². The fraction of sp³-hybridized carbons (Fsp3) is 0. The molecule has 0 spiro atoms. The van der Waals surface area contributed by atoms with E-state index >= 15 is 0 Å². The van der Waals surface area contributed by atoms with Crippen LogP contribution in [-0.2, 0) is 0 Å². The molecular formula is C64H42N2. The van der Waals surface area contributed by atoms with Crippen molar-refractivity contribution in [3.8, 4) is 39.1 Å². The predicted octanol–water partition coefficient (Wildman–Crippen LogP) is 17.9. The maximum absolute atomic E-state index is 2.41. The highest BCUT2D eigenvalue weighted by Gasteiger charge is 2.18. The fourth-order valence-electron chi connectivity index (χ4n) is 10.3. The lowest BCUT2D eigenvalue weighted by atomic mass is 9.94. The van der Waals surface area contributed by atoms with Gasteiger partial charge in [-0.1, -0.05) is 188 Å². The standard InChI is InChI=1S/C64H42N2/c1-2-12-43(13-3-1)45-22-24-46(25-23-45)47-26-32-51(33-27-47)65(54-37-38-59-57-18-7-6-16-55(57)56-17-8-9-19-58(56)61(59)42-54)52-34-28-48(29-35-52)50-31-39-64-62(41-50)60-20-10-11-21-63(60)66(64)53-36-30-44-14-4-5-15-49(44)40-53/h1-42H. The van der Waals surface area contributed by atoms with E-state index < -0.39 is 0 Å². The molecule has 0 amide bonds. The van der Waals surface area contributed by atoms with E-state index in [1.165, 1.54) is 104 Å². The lowest BCUT2D eigenvalue weighted by Crippen LogP contribution is -2.10. The summed E-state index contributed by atoms with van der Waals surface area (Å²) in [5, 5.41) is 12.6. The normalized spacial score (nSPS) is 11.6. The Balaban J connectivity index is 0.912. The first-order chi connectivity index (χ1) is 32.7. The number of para-hydroxylation sites is 1. The van der Waals surface area contributed by atoms with Crippen molar-refractivity contribution in [2.45, 2.75) is 0 Å². The van der Waals surface area contributed by atoms with Crippen molar-refractivity contribution in [2.75, 3.05) is 4.90 Å². The Bertz CT molecular complexity index is 3920. The molecule has 0 aliphatic rings. The lowest BCUT2D eigenvalue weighted by molar-refractivity contribution is 1.19. The summed E-state index contributed by atoms with van der Waals surface area (Å²) < 4.78 is 2.41. The number of anilines is 3. The van der Waals surface area contributed by atoms with Crippen molar-refractivity contribution < 1.29 is 0 Å². The van der Waals surface area contributed by atoms with Crippen molar-refractivity contribution in [1.29, 1.82) is 0 Å². The second-order valence-electron chi connectivity index (χ2n) is 17.3. The van der Waals surface area contributed by atoms with E-state index in [1.807, 2.05) is 0 Å². The zero-order valence-electron chi connectivity index (χ0n) is 36.1. The van der Waals surface area contributed by atoms with Crippen LogP contribution in [0.25, 0.3) is 104 Å². The molecule has 0 radical (unpaired) electrons. The smallest absolute Gasteiger partial charge is 0.0541 e. The monoisotopic (exact) mass is 838 g/mol. The van der Waals surface area contributed by atoms with Gasteiger partial charge < -0.3 is 9.47 Å². The minimum absolute atomic E-state index is 1.09. The molecule has 0 unspecified atom stereocenters. The highest BCUT2D eigenvalue weighted by molar-refractivity contribution is 6.26. The van der Waals surface area contributed by atoms with E-state index in [2.05, 4.69) is 264 Å². The minimum Gasteiger partial charge on any atom is -0.310 e. The van der Waals surface area contributed by atoms with Gasteiger partial charge in [-0.2, -0.15) is 0 Å². The summed E-state index contributed by atoms with van der Waals surface area (Å²) in [6.07, 6.45) is 0. The molecule has 2 heteroatoms. The molecule has 0 atom stereocenters. The highest BCUT2D eigenvalue weighted by atomic mass is 15.1. The van der Waals surface area contributed by atoms with Crippen LogP contribution < -0.4 is 4.90 Å². The van der Waals surface area contributed by atoms with E-state index in [-0.39, 0.29) is 0 Å². The Morgan fingerprint density at radius 1 is 0.227 bits per heavy atom. The van der Waals surface area contributed by atoms with Gasteiger partial charge in [0, 0.05) is 33.5 Å². The second kappa shape index (κ2) is 15.5. The van der Waals surface area contributed by atoms with Gasteiger partial charge in [0.2, 0.25) is 0 Å². The second-order valence-corrected chi connectivity index (χ2v) is 17.3. The topological polar surface area (TPSA) is 8.17 Å². The van der Waals surface area contributed by atoms with Gasteiger partial charge in [0.05, 0.1) is 11.0 Å². The number of nitrogens with zero attached hydrogens (tertiary/aromatic N) is 2. The zero-order chi connectivity index (χ0) is 43.6. The molecule has 0 N–H and O–H groups in total. The third kappa shape index (κ3) is 6.34. The van der Waals surface area contributed by atoms with Crippen molar-refractivity contribution in [3.63, 3.8) is 0 Å². The molecule has 0 bridgehead atoms. The summed E-state index contributed by atoms with van der Waals surface area (Å²) in [5.74, 6) is 0. The van der Waals surface area contributed by atoms with Gasteiger partial charge in [0.1, 0.15) is 0 Å². The van der Waals surface area contributed by atoms with Crippen LogP contribution in [0.5, 0.6) is 0 Å². The Kier molecular flexibility index (Phi) is 8.89. The summed E-state index contributed by atoms with van der Waals surface area (Å²) in [4.78, 5) is 2.40. The number of hydrogen-bond donors (Lipinski definition) is 0. The van der Waals surface area contributed by atoms with Crippen LogP contribution >= 0.6 is 0 Å². The number of rotatable bonds is 7. The van der Waals surface area contributed by atoms with Crippen LogP contribution in [-0.4, -0.2) is 4.57 Å². The van der Waals surface area contributed by atoms with E-state index in [4.69, 9.17) is 0 Å². The van der Waals surface area contributed by atoms with Gasteiger partial charge in [-0.15, -0.1) is 0 Å². The van der Waals surface area contributed by atoms with Crippen LogP contribution in [0.3, 0.4) is 0 Å². The third-order valence-electron chi connectivity index (χ3n) is 13.6. The summed E-state index contributed by atoms with van der Waals surface area (Å²) >= 11 is 0. The maximum atomic E-state index is 2.41. The lowest BCUT2D eigenvalue weighted by Gasteiger charge is -2.27. The molecule has 2 nitrogen and oxygen atoms in total. The predicted molar refractivity (Wildman–Crippen MR) is 282 cm³/mol. The first-order valence-corrected chi connectivity index (χ1v) is 22.7. The maximum Gasteiger partial charge on any atom is 0.0541 e. The number of aromatic nitrogens is 1. The number of benzene rings is 12. The van der Waals surface area contributed by atoms with Gasteiger partial charge in [-0.25, -0.2) is 0 Å². The van der Waals surface area contributed by atoms with Crippen molar-refractivity contribution in [3.05, 3.63) is 255 Å². The first-order valence-electron chi connectivity index (χ1n) is 22.7. The largest absolute Gasteiger partial charge is 0.310 e. The van der Waals surface area contributed by atoms with Gasteiger partial charge in [-0.3, -0.25) is 0 Å². The summed E-state index contributed by atoms with van der Waals surface area (Å²) in [6.45, 7) is 0. The molecule has 308 valence electrons. The summed E-state index contributed by atoms with van der Waals surface area (Å²) in [7, 11) is 0. The van der Waals surface area contributed by atoms with Gasteiger partial charge in [0.15, 0.2) is 0 Å². The van der Waals surface area contributed by atoms with E-state index in [0.29, 0.717) is 0 Å². The van der Waals surface area contributed by atoms with Gasteiger partial charge in [0.25, 0.3) is 0 Å². The summed E-state index contributed by atoms with van der Waals surface area (Å²) in [5.41, 5.74) is 14.1. The van der Waals surface area contributed by atoms with E-state index in [9.17, 15) is 0 Å². The molecule has 0 aliphatic heterocycles. The molecule has 13 rings (SSSR count). The zero-order valence-corrected chi connectivity index (χ0v) is 36.1. The number of fused-ring (bicyclic) bond motifs is 10. The Morgan fingerprint density at radius 3 is 1.30 bits per heavy atom. The molecule has 13 aromatic rings. The van der Waals surface area contributed by atoms with Gasteiger partial charge in [-0.05, 0) is 143 Å². The third-order valence-corrected chi connectivity index (χ3v) is 13.6. The van der Waals surface area contributed by atoms with Crippen molar-refractivity contribution >= 4 is 82.0 Å². The van der Waals surface area contributed by atoms with Crippen LogP contribution in [0.15, 0.2) is 255 Å². The highest BCUT2D eigenvalue weighted by Crippen LogP contribution is 2.43. The van der Waals surface area contributed by atoms with Crippen LogP contribution in [0.4, 0.5) is 17.1 Å². The quantitative estimate of drug-likeness (QED) is 0.145. The molecule has 0 saturated heterocycles. The minimum atomic E-state index is 1.09. The molecule has 0 saturated carbocycles. The molecule has 1 aromatic heterocycles. The average Bonchev–Trinajstić information content (AvgIpc) is 3.73. The Labute approximate surface area is 383 Å². The van der Waals surface area contributed by atoms with Gasteiger partial charge >= 0.3 is 0 Å². The summed E-state index contributed by atoms with van der Waals surface area (Å²) in [6, 6.07) is 93.2. The first kappa shape index (κ1) is 37.8. The molecule has 0 aliphatic carbocycles. The average molecular weight is 839 g/mol. The van der Waals surface area contributed by atoms with Crippen LogP contribution in [0.2, 0.25) is 0 Å². The molecule has 66 heavy (non-hydrogen) atoms. The Morgan fingerprint density at radius 2 is 0.667 bits per heavy atom. The molecular weight excluding hydrogens is 797 g/mol. The molecule has 1 heterocycles. The fourth-order valence-corrected chi connectivity index (χ4v) is 10.3. The Hall–Kier alpha value is -8.72. The van der Waals surface area contributed by atoms with Crippen LogP contribution in [0.1, 0.15) is 0 Å².